The van der Waals surface area contributed by atoms with Gasteiger partial charge in [0.05, 0.1) is 12.7 Å². The third-order valence-electron chi connectivity index (χ3n) is 4.22. The second-order valence-electron chi connectivity index (χ2n) is 6.57. The maximum atomic E-state index is 12.2. The lowest BCUT2D eigenvalue weighted by Crippen LogP contribution is -2.30. The first kappa shape index (κ1) is 18.2. The van der Waals surface area contributed by atoms with Gasteiger partial charge in [-0.2, -0.15) is 5.10 Å². The van der Waals surface area contributed by atoms with Crippen LogP contribution in [0.5, 0.6) is 0 Å². The highest BCUT2D eigenvalue weighted by Crippen LogP contribution is 2.17. The zero-order chi connectivity index (χ0) is 17.7. The number of rotatable bonds is 7. The van der Waals surface area contributed by atoms with Crippen LogP contribution in [0.4, 0.5) is 5.69 Å². The van der Waals surface area contributed by atoms with Gasteiger partial charge in [-0.15, -0.1) is 0 Å². The van der Waals surface area contributed by atoms with Crippen LogP contribution in [-0.2, 0) is 17.9 Å². The Morgan fingerprint density at radius 3 is 2.50 bits per heavy atom. The third-order valence-corrected chi connectivity index (χ3v) is 4.22. The standard InChI is InChI=1S/C19H28N4O/c1-6-23-15(4)17(11-20-23)12-22(5)13-19(24)21-18-9-7-16(8-10-18)14(2)3/h7-11,14H,6,12-13H2,1-5H3,(H,21,24). The molecule has 1 aromatic heterocycles. The summed E-state index contributed by atoms with van der Waals surface area (Å²) in [7, 11) is 1.95. The van der Waals surface area contributed by atoms with Crippen LogP contribution in [0, 0.1) is 6.92 Å². The van der Waals surface area contributed by atoms with E-state index in [2.05, 4.69) is 50.2 Å². The molecule has 1 heterocycles. The van der Waals surface area contributed by atoms with Crippen LogP contribution in [0.3, 0.4) is 0 Å². The number of hydrogen-bond donors (Lipinski definition) is 1. The second kappa shape index (κ2) is 8.11. The summed E-state index contributed by atoms with van der Waals surface area (Å²) in [6.45, 7) is 10.4. The van der Waals surface area contributed by atoms with Crippen LogP contribution in [-0.4, -0.2) is 34.2 Å². The van der Waals surface area contributed by atoms with Crippen molar-refractivity contribution in [1.82, 2.24) is 14.7 Å². The summed E-state index contributed by atoms with van der Waals surface area (Å²) in [4.78, 5) is 14.2. The minimum absolute atomic E-state index is 0.00432. The molecule has 5 heteroatoms. The number of amides is 1. The Labute approximate surface area is 144 Å². The lowest BCUT2D eigenvalue weighted by atomic mass is 10.0. The van der Waals surface area contributed by atoms with Crippen molar-refractivity contribution >= 4 is 11.6 Å². The van der Waals surface area contributed by atoms with Crippen molar-refractivity contribution in [2.24, 2.45) is 0 Å². The number of carbonyl (C=O) groups excluding carboxylic acids is 1. The summed E-state index contributed by atoms with van der Waals surface area (Å²) >= 11 is 0. The van der Waals surface area contributed by atoms with E-state index in [1.54, 1.807) is 0 Å². The highest BCUT2D eigenvalue weighted by Gasteiger charge is 2.11. The van der Waals surface area contributed by atoms with Gasteiger partial charge < -0.3 is 5.32 Å². The Morgan fingerprint density at radius 2 is 1.96 bits per heavy atom. The number of likely N-dealkylation sites (N-methyl/N-ethyl adjacent to an activating group) is 1. The zero-order valence-electron chi connectivity index (χ0n) is 15.3. The molecular formula is C19H28N4O. The number of nitrogens with zero attached hydrogens (tertiary/aromatic N) is 3. The lowest BCUT2D eigenvalue weighted by Gasteiger charge is -2.16. The molecule has 0 unspecified atom stereocenters. The zero-order valence-corrected chi connectivity index (χ0v) is 15.3. The predicted octanol–water partition coefficient (Wildman–Crippen LogP) is 3.41. The number of hydrogen-bond acceptors (Lipinski definition) is 3. The maximum Gasteiger partial charge on any atom is 0.238 e. The molecule has 0 bridgehead atoms. The van der Waals surface area contributed by atoms with E-state index in [0.717, 1.165) is 23.5 Å². The summed E-state index contributed by atoms with van der Waals surface area (Å²) in [5, 5.41) is 7.30. The van der Waals surface area contributed by atoms with Crippen molar-refractivity contribution in [3.05, 3.63) is 47.3 Å². The minimum Gasteiger partial charge on any atom is -0.325 e. The van der Waals surface area contributed by atoms with Crippen LogP contribution < -0.4 is 5.32 Å². The predicted molar refractivity (Wildman–Crippen MR) is 98.1 cm³/mol. The van der Waals surface area contributed by atoms with E-state index in [1.165, 1.54) is 5.56 Å². The van der Waals surface area contributed by atoms with Crippen molar-refractivity contribution in [3.8, 4) is 0 Å². The number of aryl methyl sites for hydroxylation is 1. The minimum atomic E-state index is -0.00432. The van der Waals surface area contributed by atoms with Gasteiger partial charge in [-0.25, -0.2) is 0 Å². The van der Waals surface area contributed by atoms with Gasteiger partial charge in [-0.3, -0.25) is 14.4 Å². The maximum absolute atomic E-state index is 12.2. The molecule has 0 radical (unpaired) electrons. The molecule has 1 N–H and O–H groups in total. The van der Waals surface area contributed by atoms with Crippen molar-refractivity contribution in [2.75, 3.05) is 18.9 Å². The van der Waals surface area contributed by atoms with Gasteiger partial charge in [-0.1, -0.05) is 26.0 Å². The van der Waals surface area contributed by atoms with E-state index in [9.17, 15) is 4.79 Å². The van der Waals surface area contributed by atoms with Crippen LogP contribution in [0.15, 0.2) is 30.5 Å². The quantitative estimate of drug-likeness (QED) is 0.847. The summed E-state index contributed by atoms with van der Waals surface area (Å²) in [5.74, 6) is 0.489. The Hall–Kier alpha value is -2.14. The second-order valence-corrected chi connectivity index (χ2v) is 6.57. The molecule has 0 saturated carbocycles. The van der Waals surface area contributed by atoms with Gasteiger partial charge in [0.15, 0.2) is 0 Å². The number of aromatic nitrogens is 2. The molecule has 0 fully saturated rings. The fraction of sp³-hybridized carbons (Fsp3) is 0.474. The van der Waals surface area contributed by atoms with Gasteiger partial charge in [0, 0.05) is 30.0 Å². The average Bonchev–Trinajstić information content (AvgIpc) is 2.87. The number of nitrogens with one attached hydrogen (secondary N) is 1. The monoisotopic (exact) mass is 328 g/mol. The lowest BCUT2D eigenvalue weighted by molar-refractivity contribution is -0.117. The fourth-order valence-electron chi connectivity index (χ4n) is 2.70. The van der Waals surface area contributed by atoms with Gasteiger partial charge in [0.2, 0.25) is 5.91 Å². The number of anilines is 1. The molecule has 0 atom stereocenters. The van der Waals surface area contributed by atoms with Crippen LogP contribution in [0.2, 0.25) is 0 Å². The van der Waals surface area contributed by atoms with Crippen molar-refractivity contribution < 1.29 is 4.79 Å². The first-order valence-corrected chi connectivity index (χ1v) is 8.50. The molecule has 0 aliphatic carbocycles. The van der Waals surface area contributed by atoms with E-state index in [-0.39, 0.29) is 5.91 Å². The topological polar surface area (TPSA) is 50.2 Å². The van der Waals surface area contributed by atoms with E-state index < -0.39 is 0 Å². The first-order chi connectivity index (χ1) is 11.4. The van der Waals surface area contributed by atoms with E-state index in [0.29, 0.717) is 19.0 Å². The summed E-state index contributed by atoms with van der Waals surface area (Å²) in [6, 6.07) is 8.05. The first-order valence-electron chi connectivity index (χ1n) is 8.50. The Balaban J connectivity index is 1.88. The van der Waals surface area contributed by atoms with Crippen molar-refractivity contribution in [3.63, 3.8) is 0 Å². The van der Waals surface area contributed by atoms with Gasteiger partial charge in [0.25, 0.3) is 0 Å². The molecule has 1 aromatic carbocycles. The molecule has 0 saturated heterocycles. The molecular weight excluding hydrogens is 300 g/mol. The van der Waals surface area contributed by atoms with Gasteiger partial charge >= 0.3 is 0 Å². The third kappa shape index (κ3) is 4.68. The molecule has 0 spiro atoms. The molecule has 24 heavy (non-hydrogen) atoms. The molecule has 5 nitrogen and oxygen atoms in total. The van der Waals surface area contributed by atoms with Crippen LogP contribution >= 0.6 is 0 Å². The largest absolute Gasteiger partial charge is 0.325 e. The van der Waals surface area contributed by atoms with Crippen LogP contribution in [0.25, 0.3) is 0 Å². The molecule has 2 rings (SSSR count). The van der Waals surface area contributed by atoms with Gasteiger partial charge in [-0.05, 0) is 44.5 Å². The SMILES string of the molecule is CCn1ncc(CN(C)CC(=O)Nc2ccc(C(C)C)cc2)c1C. The average molecular weight is 328 g/mol. The van der Waals surface area contributed by atoms with E-state index >= 15 is 0 Å². The summed E-state index contributed by atoms with van der Waals surface area (Å²) in [6.07, 6.45) is 1.89. The molecule has 130 valence electrons. The van der Waals surface area contributed by atoms with Gasteiger partial charge in [0.1, 0.15) is 0 Å². The number of carbonyl (C=O) groups is 1. The smallest absolute Gasteiger partial charge is 0.238 e. The van der Waals surface area contributed by atoms with Crippen molar-refractivity contribution in [1.29, 1.82) is 0 Å². The summed E-state index contributed by atoms with van der Waals surface area (Å²) in [5.41, 5.74) is 4.43. The molecule has 2 aromatic rings. The van der Waals surface area contributed by atoms with E-state index in [4.69, 9.17) is 0 Å². The van der Waals surface area contributed by atoms with Crippen molar-refractivity contribution in [2.45, 2.75) is 46.7 Å². The summed E-state index contributed by atoms with van der Waals surface area (Å²) < 4.78 is 1.97. The molecule has 0 aliphatic heterocycles. The Morgan fingerprint density at radius 1 is 1.29 bits per heavy atom. The Bertz CT molecular complexity index is 673. The molecule has 1 amide bonds. The molecule has 0 aliphatic rings. The highest BCUT2D eigenvalue weighted by atomic mass is 16.2. The highest BCUT2D eigenvalue weighted by molar-refractivity contribution is 5.92. The fourth-order valence-corrected chi connectivity index (χ4v) is 2.70. The number of benzene rings is 1. The Kier molecular flexibility index (Phi) is 6.15. The normalized spacial score (nSPS) is 11.3. The van der Waals surface area contributed by atoms with Crippen LogP contribution in [0.1, 0.15) is 43.5 Å². The van der Waals surface area contributed by atoms with E-state index in [1.807, 2.05) is 35.0 Å².